The van der Waals surface area contributed by atoms with E-state index in [4.69, 9.17) is 0 Å². The van der Waals surface area contributed by atoms with E-state index in [1.807, 2.05) is 20.8 Å². The first-order chi connectivity index (χ1) is 7.47. The fourth-order valence-electron chi connectivity index (χ4n) is 2.24. The summed E-state index contributed by atoms with van der Waals surface area (Å²) >= 11 is 0. The van der Waals surface area contributed by atoms with Crippen molar-refractivity contribution in [2.24, 2.45) is 11.8 Å². The highest BCUT2D eigenvalue weighted by atomic mass is 16.3. The molecule has 3 heteroatoms. The molecule has 3 nitrogen and oxygen atoms in total. The lowest BCUT2D eigenvalue weighted by Crippen LogP contribution is -2.49. The zero-order chi connectivity index (χ0) is 12.2. The quantitative estimate of drug-likeness (QED) is 0.670. The van der Waals surface area contributed by atoms with Crippen LogP contribution in [0.4, 0.5) is 0 Å². The summed E-state index contributed by atoms with van der Waals surface area (Å²) in [6.07, 6.45) is 4.69. The zero-order valence-electron chi connectivity index (χ0n) is 10.9. The minimum atomic E-state index is -0.655. The van der Waals surface area contributed by atoms with Gasteiger partial charge in [-0.1, -0.05) is 26.7 Å². The average molecular weight is 229 g/mol. The summed E-state index contributed by atoms with van der Waals surface area (Å²) in [5.74, 6) is 0.618. The Morgan fingerprint density at radius 1 is 1.31 bits per heavy atom. The van der Waals surface area contributed by atoms with Crippen molar-refractivity contribution in [3.8, 4) is 0 Å². The second-order valence-corrected chi connectivity index (χ2v) is 5.73. The number of hydrogen-bond donors (Lipinski definition) is 3. The topological polar surface area (TPSA) is 52.5 Å². The van der Waals surface area contributed by atoms with E-state index in [0.29, 0.717) is 18.5 Å². The first-order valence-corrected chi connectivity index (χ1v) is 6.54. The maximum Gasteiger partial charge on any atom is 0.0766 e. The van der Waals surface area contributed by atoms with Crippen LogP contribution in [0.15, 0.2) is 0 Å². The van der Waals surface area contributed by atoms with Gasteiger partial charge in [-0.15, -0.1) is 0 Å². The normalized spacial score (nSPS) is 30.4. The van der Waals surface area contributed by atoms with Crippen LogP contribution < -0.4 is 5.32 Å². The number of aliphatic hydroxyl groups excluding tert-OH is 1. The van der Waals surface area contributed by atoms with E-state index in [-0.39, 0.29) is 12.5 Å². The zero-order valence-corrected chi connectivity index (χ0v) is 10.9. The number of nitrogens with one attached hydrogen (secondary N) is 1. The molecular formula is C13H27NO2. The van der Waals surface area contributed by atoms with Crippen LogP contribution in [0.3, 0.4) is 0 Å². The molecule has 0 aliphatic heterocycles. The van der Waals surface area contributed by atoms with Gasteiger partial charge in [-0.3, -0.25) is 0 Å². The lowest BCUT2D eigenvalue weighted by atomic mass is 9.84. The molecule has 0 heterocycles. The Bertz CT molecular complexity index is 204. The SMILES string of the molecule is CC(C)C(C)(O)CNC1CCCCC1CO. The first-order valence-electron chi connectivity index (χ1n) is 6.54. The molecule has 1 aliphatic rings. The molecule has 0 bridgehead atoms. The lowest BCUT2D eigenvalue weighted by molar-refractivity contribution is 0.00675. The molecule has 3 N–H and O–H groups in total. The Morgan fingerprint density at radius 2 is 1.94 bits per heavy atom. The smallest absolute Gasteiger partial charge is 0.0766 e. The Hall–Kier alpha value is -0.120. The van der Waals surface area contributed by atoms with E-state index in [1.165, 1.54) is 12.8 Å². The first kappa shape index (κ1) is 13.9. The second kappa shape index (κ2) is 5.99. The molecule has 1 aliphatic carbocycles. The monoisotopic (exact) mass is 229 g/mol. The minimum absolute atomic E-state index is 0.246. The van der Waals surface area contributed by atoms with Crippen molar-refractivity contribution in [3.05, 3.63) is 0 Å². The molecule has 0 spiro atoms. The highest BCUT2D eigenvalue weighted by molar-refractivity contribution is 4.85. The van der Waals surface area contributed by atoms with E-state index in [1.54, 1.807) is 0 Å². The molecule has 0 radical (unpaired) electrons. The third-order valence-electron chi connectivity index (χ3n) is 4.11. The molecule has 3 unspecified atom stereocenters. The molecule has 0 aromatic carbocycles. The third-order valence-corrected chi connectivity index (χ3v) is 4.11. The van der Waals surface area contributed by atoms with E-state index in [2.05, 4.69) is 5.32 Å². The fourth-order valence-corrected chi connectivity index (χ4v) is 2.24. The van der Waals surface area contributed by atoms with Gasteiger partial charge in [-0.05, 0) is 31.6 Å². The van der Waals surface area contributed by atoms with Gasteiger partial charge in [0.1, 0.15) is 0 Å². The van der Waals surface area contributed by atoms with Gasteiger partial charge >= 0.3 is 0 Å². The molecule has 3 atom stereocenters. The van der Waals surface area contributed by atoms with Gasteiger partial charge in [0.25, 0.3) is 0 Å². The van der Waals surface area contributed by atoms with Crippen molar-refractivity contribution in [3.63, 3.8) is 0 Å². The molecule has 0 aromatic heterocycles. The number of rotatable bonds is 5. The van der Waals surface area contributed by atoms with Crippen LogP contribution in [0.5, 0.6) is 0 Å². The maximum absolute atomic E-state index is 10.2. The van der Waals surface area contributed by atoms with Gasteiger partial charge in [0.15, 0.2) is 0 Å². The van der Waals surface area contributed by atoms with E-state index < -0.39 is 5.60 Å². The van der Waals surface area contributed by atoms with Crippen LogP contribution in [0.1, 0.15) is 46.5 Å². The number of hydrogen-bond acceptors (Lipinski definition) is 3. The Morgan fingerprint density at radius 3 is 2.50 bits per heavy atom. The Labute approximate surface area is 99.3 Å². The van der Waals surface area contributed by atoms with Gasteiger partial charge in [-0.2, -0.15) is 0 Å². The molecule has 0 aromatic rings. The van der Waals surface area contributed by atoms with Crippen LogP contribution in [0.25, 0.3) is 0 Å². The molecule has 0 amide bonds. The van der Waals surface area contributed by atoms with Crippen molar-refractivity contribution < 1.29 is 10.2 Å². The summed E-state index contributed by atoms with van der Waals surface area (Å²) in [4.78, 5) is 0. The van der Waals surface area contributed by atoms with Gasteiger partial charge in [0, 0.05) is 19.2 Å². The lowest BCUT2D eigenvalue weighted by Gasteiger charge is -2.35. The highest BCUT2D eigenvalue weighted by Crippen LogP contribution is 2.25. The third kappa shape index (κ3) is 3.72. The maximum atomic E-state index is 10.2. The summed E-state index contributed by atoms with van der Waals surface area (Å²) in [5, 5.41) is 22.9. The van der Waals surface area contributed by atoms with Crippen LogP contribution in [-0.4, -0.2) is 35.0 Å². The van der Waals surface area contributed by atoms with Crippen LogP contribution in [0, 0.1) is 11.8 Å². The van der Waals surface area contributed by atoms with Gasteiger partial charge in [0.05, 0.1) is 5.60 Å². The molecule has 16 heavy (non-hydrogen) atoms. The minimum Gasteiger partial charge on any atom is -0.396 e. The summed E-state index contributed by atoms with van der Waals surface area (Å²) < 4.78 is 0. The second-order valence-electron chi connectivity index (χ2n) is 5.73. The van der Waals surface area contributed by atoms with Gasteiger partial charge in [0.2, 0.25) is 0 Å². The summed E-state index contributed by atoms with van der Waals surface area (Å²) in [6, 6.07) is 0.379. The molecule has 1 saturated carbocycles. The van der Waals surface area contributed by atoms with Crippen molar-refractivity contribution in [1.82, 2.24) is 5.32 Å². The number of aliphatic hydroxyl groups is 2. The predicted molar refractivity (Wildman–Crippen MR) is 66.3 cm³/mol. The standard InChI is InChI=1S/C13H27NO2/c1-10(2)13(3,16)9-14-12-7-5-4-6-11(12)8-15/h10-12,14-16H,4-9H2,1-3H3. The van der Waals surface area contributed by atoms with Gasteiger partial charge < -0.3 is 15.5 Å². The molecule has 0 saturated heterocycles. The van der Waals surface area contributed by atoms with Crippen molar-refractivity contribution in [2.75, 3.05) is 13.2 Å². The Kier molecular flexibility index (Phi) is 5.22. The van der Waals surface area contributed by atoms with Crippen LogP contribution >= 0.6 is 0 Å². The van der Waals surface area contributed by atoms with Crippen LogP contribution in [0.2, 0.25) is 0 Å². The van der Waals surface area contributed by atoms with Crippen LogP contribution in [-0.2, 0) is 0 Å². The molecule has 1 fully saturated rings. The molecular weight excluding hydrogens is 202 g/mol. The van der Waals surface area contributed by atoms with Gasteiger partial charge in [-0.25, -0.2) is 0 Å². The molecule has 96 valence electrons. The van der Waals surface area contributed by atoms with Crippen molar-refractivity contribution in [1.29, 1.82) is 0 Å². The average Bonchev–Trinajstić information content (AvgIpc) is 2.26. The largest absolute Gasteiger partial charge is 0.396 e. The fraction of sp³-hybridized carbons (Fsp3) is 1.00. The van der Waals surface area contributed by atoms with E-state index >= 15 is 0 Å². The van der Waals surface area contributed by atoms with E-state index in [0.717, 1.165) is 12.8 Å². The summed E-state index contributed by atoms with van der Waals surface area (Å²) in [5.41, 5.74) is -0.655. The van der Waals surface area contributed by atoms with Crippen molar-refractivity contribution in [2.45, 2.75) is 58.1 Å². The van der Waals surface area contributed by atoms with Crippen molar-refractivity contribution >= 4 is 0 Å². The van der Waals surface area contributed by atoms with E-state index in [9.17, 15) is 10.2 Å². The summed E-state index contributed by atoms with van der Waals surface area (Å²) in [7, 11) is 0. The predicted octanol–water partition coefficient (Wildman–Crippen LogP) is 1.53. The summed E-state index contributed by atoms with van der Waals surface area (Å²) in [6.45, 7) is 6.83. The Balaban J connectivity index is 2.40. The molecule has 1 rings (SSSR count). The highest BCUT2D eigenvalue weighted by Gasteiger charge is 2.29.